The van der Waals surface area contributed by atoms with Gasteiger partial charge >= 0.3 is 5.97 Å². The van der Waals surface area contributed by atoms with Crippen molar-refractivity contribution >= 4 is 5.97 Å². The van der Waals surface area contributed by atoms with Gasteiger partial charge in [-0.25, -0.2) is 35.5 Å². The van der Waals surface area contributed by atoms with E-state index in [0.717, 1.165) is 0 Å². The molecule has 6 unspecified atom stereocenters. The highest BCUT2D eigenvalue weighted by Crippen LogP contribution is 2.24. The Morgan fingerprint density at radius 2 is 1.17 bits per heavy atom. The number of carboxylic acids is 1. The third kappa shape index (κ3) is 4.00. The molecule has 0 spiro atoms. The smallest absolute Gasteiger partial charge is 0.341 e. The maximum atomic E-state index is 12.9. The van der Waals surface area contributed by atoms with Gasteiger partial charge in [0, 0.05) is 0 Å². The van der Waals surface area contributed by atoms with Crippen LogP contribution in [-0.2, 0) is 4.79 Å². The van der Waals surface area contributed by atoms with Crippen LogP contribution in [0.4, 0.5) is 30.7 Å². The molecule has 3 nitrogen and oxygen atoms in total. The molecule has 0 rings (SSSR count). The fraction of sp³-hybridized carbons (Fsp3) is 0.875. The molecule has 6 atom stereocenters. The van der Waals surface area contributed by atoms with Crippen molar-refractivity contribution in [2.24, 2.45) is 0 Å². The minimum Gasteiger partial charge on any atom is -0.479 e. The summed E-state index contributed by atoms with van der Waals surface area (Å²) in [5.74, 6) is -2.36. The van der Waals surface area contributed by atoms with Gasteiger partial charge in [-0.15, -0.1) is 0 Å². The number of alkyl halides is 7. The van der Waals surface area contributed by atoms with Gasteiger partial charge in [-0.1, -0.05) is 0 Å². The first-order valence-electron chi connectivity index (χ1n) is 4.50. The summed E-state index contributed by atoms with van der Waals surface area (Å²) in [5, 5.41) is 16.7. The fourth-order valence-electron chi connectivity index (χ4n) is 0.986. The molecule has 0 saturated heterocycles. The average molecular weight is 286 g/mol. The van der Waals surface area contributed by atoms with Gasteiger partial charge in [0.15, 0.2) is 24.7 Å². The first-order chi connectivity index (χ1) is 8.11. The SMILES string of the molecule is O=C(O)C(F)C(O)C(F)C(F)C(F)C(F)C(F)F. The molecule has 0 radical (unpaired) electrons. The highest BCUT2D eigenvalue weighted by molar-refractivity contribution is 5.72. The van der Waals surface area contributed by atoms with Gasteiger partial charge in [0.25, 0.3) is 6.43 Å². The lowest BCUT2D eigenvalue weighted by Gasteiger charge is -2.23. The lowest BCUT2D eigenvalue weighted by molar-refractivity contribution is -0.151. The monoisotopic (exact) mass is 286 g/mol. The van der Waals surface area contributed by atoms with Crippen molar-refractivity contribution in [3.63, 3.8) is 0 Å². The van der Waals surface area contributed by atoms with E-state index < -0.39 is 49.4 Å². The molecule has 0 aliphatic heterocycles. The van der Waals surface area contributed by atoms with E-state index in [4.69, 9.17) is 10.2 Å². The van der Waals surface area contributed by atoms with Crippen LogP contribution in [0.1, 0.15) is 0 Å². The van der Waals surface area contributed by atoms with Crippen LogP contribution in [0.2, 0.25) is 0 Å². The van der Waals surface area contributed by atoms with Gasteiger partial charge in [-0.2, -0.15) is 0 Å². The third-order valence-corrected chi connectivity index (χ3v) is 2.02. The lowest BCUT2D eigenvalue weighted by Crippen LogP contribution is -2.47. The minimum absolute atomic E-state index is 2.36. The number of rotatable bonds is 7. The van der Waals surface area contributed by atoms with Gasteiger partial charge in [0.05, 0.1) is 0 Å². The van der Waals surface area contributed by atoms with Crippen molar-refractivity contribution < 1.29 is 45.7 Å². The van der Waals surface area contributed by atoms with E-state index in [-0.39, 0.29) is 0 Å². The van der Waals surface area contributed by atoms with Crippen LogP contribution in [-0.4, -0.2) is 59.6 Å². The molecular weight excluding hydrogens is 277 g/mol. The van der Waals surface area contributed by atoms with E-state index in [1.54, 1.807) is 0 Å². The summed E-state index contributed by atoms with van der Waals surface area (Å²) in [7, 11) is 0. The number of aliphatic hydroxyl groups is 1. The number of aliphatic carboxylic acids is 1. The zero-order valence-electron chi connectivity index (χ0n) is 8.49. The van der Waals surface area contributed by atoms with Crippen molar-refractivity contribution in [3.05, 3.63) is 0 Å². The third-order valence-electron chi connectivity index (χ3n) is 2.02. The first-order valence-corrected chi connectivity index (χ1v) is 4.50. The number of halogens is 7. The Hall–Kier alpha value is -1.06. The quantitative estimate of drug-likeness (QED) is 0.695. The first kappa shape index (κ1) is 16.9. The Balaban J connectivity index is 4.67. The van der Waals surface area contributed by atoms with Crippen LogP contribution < -0.4 is 0 Å². The van der Waals surface area contributed by atoms with E-state index >= 15 is 0 Å². The number of aliphatic hydroxyl groups excluding tert-OH is 1. The van der Waals surface area contributed by atoms with Gasteiger partial charge in [-0.05, 0) is 0 Å². The van der Waals surface area contributed by atoms with Crippen molar-refractivity contribution in [1.82, 2.24) is 0 Å². The number of hydrogen-bond donors (Lipinski definition) is 2. The number of carbonyl (C=O) groups is 1. The fourth-order valence-corrected chi connectivity index (χ4v) is 0.986. The van der Waals surface area contributed by atoms with Crippen LogP contribution in [0, 0.1) is 0 Å². The highest BCUT2D eigenvalue weighted by atomic mass is 19.3. The maximum absolute atomic E-state index is 12.9. The predicted octanol–water partition coefficient (Wildman–Crippen LogP) is 1.39. The molecule has 108 valence electrons. The van der Waals surface area contributed by atoms with E-state index in [1.165, 1.54) is 0 Å². The van der Waals surface area contributed by atoms with Gasteiger partial charge in [0.2, 0.25) is 6.17 Å². The highest BCUT2D eigenvalue weighted by Gasteiger charge is 2.46. The second-order valence-corrected chi connectivity index (χ2v) is 3.34. The summed E-state index contributed by atoms with van der Waals surface area (Å²) < 4.78 is 86.6. The average Bonchev–Trinajstić information content (AvgIpc) is 2.32. The van der Waals surface area contributed by atoms with Crippen LogP contribution >= 0.6 is 0 Å². The van der Waals surface area contributed by atoms with Gasteiger partial charge < -0.3 is 10.2 Å². The summed E-state index contributed by atoms with van der Waals surface area (Å²) in [5.41, 5.74) is 0. The molecule has 0 aliphatic rings. The van der Waals surface area contributed by atoms with Crippen LogP contribution in [0.3, 0.4) is 0 Å². The van der Waals surface area contributed by atoms with E-state index in [2.05, 4.69) is 0 Å². The molecule has 10 heteroatoms. The molecule has 2 N–H and O–H groups in total. The molecule has 0 bridgehead atoms. The molecule has 0 aromatic rings. The predicted molar refractivity (Wildman–Crippen MR) is 44.1 cm³/mol. The van der Waals surface area contributed by atoms with Crippen molar-refractivity contribution in [2.45, 2.75) is 43.4 Å². The molecule has 0 fully saturated rings. The summed E-state index contributed by atoms with van der Waals surface area (Å²) >= 11 is 0. The molecule has 0 saturated carbocycles. The molecular formula is C8H9F7O3. The summed E-state index contributed by atoms with van der Waals surface area (Å²) in [4.78, 5) is 9.97. The van der Waals surface area contributed by atoms with E-state index in [9.17, 15) is 35.5 Å². The summed E-state index contributed by atoms with van der Waals surface area (Å²) in [6, 6.07) is 0. The Labute approximate surface area is 96.2 Å². The minimum atomic E-state index is -3.94. The molecule has 0 heterocycles. The zero-order valence-corrected chi connectivity index (χ0v) is 8.49. The maximum Gasteiger partial charge on any atom is 0.341 e. The molecule has 0 amide bonds. The Kier molecular flexibility index (Phi) is 6.36. The zero-order chi connectivity index (χ0) is 14.6. The Morgan fingerprint density at radius 1 is 0.778 bits per heavy atom. The number of hydrogen-bond acceptors (Lipinski definition) is 2. The van der Waals surface area contributed by atoms with Crippen molar-refractivity contribution in [3.8, 4) is 0 Å². The van der Waals surface area contributed by atoms with Crippen molar-refractivity contribution in [2.75, 3.05) is 0 Å². The van der Waals surface area contributed by atoms with E-state index in [0.29, 0.717) is 0 Å². The van der Waals surface area contributed by atoms with Gasteiger partial charge in [0.1, 0.15) is 6.10 Å². The lowest BCUT2D eigenvalue weighted by atomic mass is 10.0. The van der Waals surface area contributed by atoms with E-state index in [1.807, 2.05) is 0 Å². The molecule has 18 heavy (non-hydrogen) atoms. The topological polar surface area (TPSA) is 57.5 Å². The van der Waals surface area contributed by atoms with Gasteiger partial charge in [-0.3, -0.25) is 0 Å². The Morgan fingerprint density at radius 3 is 1.50 bits per heavy atom. The normalized spacial score (nSPS) is 22.1. The molecule has 0 aromatic carbocycles. The molecule has 0 aliphatic carbocycles. The van der Waals surface area contributed by atoms with Crippen molar-refractivity contribution in [1.29, 1.82) is 0 Å². The summed E-state index contributed by atoms with van der Waals surface area (Å²) in [6.07, 6.45) is -24.8. The second-order valence-electron chi connectivity index (χ2n) is 3.34. The Bertz CT molecular complexity index is 277. The van der Waals surface area contributed by atoms with Crippen LogP contribution in [0.25, 0.3) is 0 Å². The largest absolute Gasteiger partial charge is 0.479 e. The second kappa shape index (κ2) is 6.76. The number of carboxylic acid groups (broad SMARTS) is 1. The van der Waals surface area contributed by atoms with Crippen LogP contribution in [0.15, 0.2) is 0 Å². The van der Waals surface area contributed by atoms with Crippen LogP contribution in [0.5, 0.6) is 0 Å². The molecule has 0 aromatic heterocycles. The standard InChI is InChI=1S/C8H9F7O3/c9-1(2(10)4(12)7(14)15)3(11)6(16)5(13)8(17)18/h1-7,16H,(H,17,18). The summed E-state index contributed by atoms with van der Waals surface area (Å²) in [6.45, 7) is 0.